The van der Waals surface area contributed by atoms with Crippen molar-refractivity contribution in [2.24, 2.45) is 5.41 Å². The maximum atomic E-state index is 14.9. The predicted molar refractivity (Wildman–Crippen MR) is 111 cm³/mol. The minimum Gasteiger partial charge on any atom is -0.482 e. The second kappa shape index (κ2) is 8.52. The van der Waals surface area contributed by atoms with Gasteiger partial charge in [-0.3, -0.25) is 9.59 Å². The predicted octanol–water partition coefficient (Wildman–Crippen LogP) is 3.39. The molecule has 0 radical (unpaired) electrons. The van der Waals surface area contributed by atoms with Crippen molar-refractivity contribution < 1.29 is 23.5 Å². The van der Waals surface area contributed by atoms with E-state index >= 15 is 0 Å². The molecule has 2 saturated heterocycles. The molecule has 1 N–H and O–H groups in total. The summed E-state index contributed by atoms with van der Waals surface area (Å²) in [7, 11) is 0. The van der Waals surface area contributed by atoms with Crippen molar-refractivity contribution in [2.45, 2.75) is 43.9 Å². The molecule has 0 spiro atoms. The van der Waals surface area contributed by atoms with E-state index in [0.29, 0.717) is 22.4 Å². The number of nitrogens with zero attached hydrogens (tertiary/aromatic N) is 1. The van der Waals surface area contributed by atoms with Crippen LogP contribution in [0.25, 0.3) is 0 Å². The van der Waals surface area contributed by atoms with E-state index in [4.69, 9.17) is 32.7 Å². The average Bonchev–Trinajstić information content (AvgIpc) is 3.52. The van der Waals surface area contributed by atoms with Gasteiger partial charge in [-0.2, -0.15) is 0 Å². The molecule has 9 heteroatoms. The highest BCUT2D eigenvalue weighted by atomic mass is 35.5. The lowest BCUT2D eigenvalue weighted by atomic mass is 9.91. The highest BCUT2D eigenvalue weighted by molar-refractivity contribution is 6.35. The van der Waals surface area contributed by atoms with Crippen LogP contribution in [0.5, 0.6) is 5.75 Å². The molecule has 3 aliphatic rings. The quantitative estimate of drug-likeness (QED) is 0.679. The Morgan fingerprint density at radius 1 is 1.27 bits per heavy atom. The third kappa shape index (κ3) is 4.53. The Balaban J connectivity index is 1.21. The monoisotopic (exact) mass is 458 g/mol. The van der Waals surface area contributed by atoms with Crippen LogP contribution in [0.2, 0.25) is 10.0 Å². The first kappa shape index (κ1) is 21.7. The van der Waals surface area contributed by atoms with Gasteiger partial charge in [-0.1, -0.05) is 23.2 Å². The van der Waals surface area contributed by atoms with Gasteiger partial charge >= 0.3 is 0 Å². The van der Waals surface area contributed by atoms with E-state index < -0.39 is 11.1 Å². The number of carbonyl (C=O) groups is 2. The Hall–Kier alpha value is -1.57. The van der Waals surface area contributed by atoms with Gasteiger partial charge in [-0.25, -0.2) is 4.39 Å². The molecule has 2 amide bonds. The van der Waals surface area contributed by atoms with Crippen molar-refractivity contribution >= 4 is 35.0 Å². The summed E-state index contributed by atoms with van der Waals surface area (Å²) in [6, 6.07) is 4.71. The summed E-state index contributed by atoms with van der Waals surface area (Å²) in [6.07, 6.45) is 4.50. The molecule has 1 unspecified atom stereocenters. The zero-order valence-corrected chi connectivity index (χ0v) is 18.1. The Labute approximate surface area is 185 Å². The Kier molecular flexibility index (Phi) is 6.15. The number of benzene rings is 1. The Morgan fingerprint density at radius 3 is 2.67 bits per heavy atom. The van der Waals surface area contributed by atoms with Crippen LogP contribution in [0.1, 0.15) is 32.1 Å². The first-order valence-corrected chi connectivity index (χ1v) is 11.0. The number of likely N-dealkylation sites (tertiary alicyclic amines) is 1. The van der Waals surface area contributed by atoms with Gasteiger partial charge in [-0.15, -0.1) is 0 Å². The fourth-order valence-corrected chi connectivity index (χ4v) is 4.63. The van der Waals surface area contributed by atoms with E-state index in [1.54, 1.807) is 12.1 Å². The fourth-order valence-electron chi connectivity index (χ4n) is 4.17. The van der Waals surface area contributed by atoms with Gasteiger partial charge in [0.2, 0.25) is 5.91 Å². The average molecular weight is 459 g/mol. The van der Waals surface area contributed by atoms with Gasteiger partial charge in [0.15, 0.2) is 12.3 Å². The molecule has 1 aliphatic carbocycles. The molecular weight excluding hydrogens is 434 g/mol. The van der Waals surface area contributed by atoms with Crippen molar-refractivity contribution in [1.29, 1.82) is 0 Å². The minimum atomic E-state index is -1.62. The zero-order chi connectivity index (χ0) is 21.4. The molecule has 1 saturated carbocycles. The number of hydrogen-bond donors (Lipinski definition) is 1. The smallest absolute Gasteiger partial charge is 0.260 e. The lowest BCUT2D eigenvalue weighted by Gasteiger charge is -2.44. The second-order valence-corrected chi connectivity index (χ2v) is 9.30. The van der Waals surface area contributed by atoms with Crippen molar-refractivity contribution in [1.82, 2.24) is 10.2 Å². The summed E-state index contributed by atoms with van der Waals surface area (Å²) >= 11 is 11.8. The van der Waals surface area contributed by atoms with Gasteiger partial charge in [0.05, 0.1) is 36.2 Å². The van der Waals surface area contributed by atoms with Crippen LogP contribution in [-0.4, -0.2) is 61.3 Å². The fraction of sp³-hybridized carbons (Fsp3) is 0.619. The van der Waals surface area contributed by atoms with Crippen molar-refractivity contribution in [3.8, 4) is 5.75 Å². The second-order valence-electron chi connectivity index (χ2n) is 8.46. The molecular formula is C21H25Cl2FN2O4. The number of nitrogens with one attached hydrogen (secondary N) is 1. The highest BCUT2D eigenvalue weighted by Gasteiger charge is 2.57. The van der Waals surface area contributed by atoms with Crippen molar-refractivity contribution in [2.75, 3.05) is 32.8 Å². The molecule has 4 rings (SSSR count). The van der Waals surface area contributed by atoms with Gasteiger partial charge in [0, 0.05) is 11.6 Å². The molecule has 2 aliphatic heterocycles. The summed E-state index contributed by atoms with van der Waals surface area (Å²) in [5, 5.41) is 3.53. The zero-order valence-electron chi connectivity index (χ0n) is 16.6. The minimum absolute atomic E-state index is 0.0573. The third-order valence-electron chi connectivity index (χ3n) is 6.15. The Morgan fingerprint density at radius 2 is 2.03 bits per heavy atom. The number of carbonyl (C=O) groups excluding carboxylic acids is 2. The number of ether oxygens (including phenoxy) is 2. The van der Waals surface area contributed by atoms with E-state index in [-0.39, 0.29) is 44.2 Å². The summed E-state index contributed by atoms with van der Waals surface area (Å²) in [5.74, 6) is -0.125. The largest absolute Gasteiger partial charge is 0.482 e. The highest BCUT2D eigenvalue weighted by Crippen LogP contribution is 2.52. The van der Waals surface area contributed by atoms with E-state index in [0.717, 1.165) is 32.1 Å². The lowest BCUT2D eigenvalue weighted by Crippen LogP contribution is -2.66. The summed E-state index contributed by atoms with van der Waals surface area (Å²) in [5.41, 5.74) is -2.10. The van der Waals surface area contributed by atoms with Crippen LogP contribution in [0.3, 0.4) is 0 Å². The van der Waals surface area contributed by atoms with E-state index in [2.05, 4.69) is 5.32 Å². The SMILES string of the molecule is O=C(COc1ccc(Cl)cc1Cl)N1CC(F)(CNC(=O)C2(C3CCCCO3)CC2)C1. The molecule has 1 aromatic rings. The topological polar surface area (TPSA) is 67.9 Å². The maximum absolute atomic E-state index is 14.9. The normalized spacial score (nSPS) is 24.0. The number of halogens is 3. The van der Waals surface area contributed by atoms with E-state index in [9.17, 15) is 14.0 Å². The summed E-state index contributed by atoms with van der Waals surface area (Å²) < 4.78 is 26.1. The molecule has 2 heterocycles. The molecule has 30 heavy (non-hydrogen) atoms. The van der Waals surface area contributed by atoms with Gasteiger partial charge in [0.1, 0.15) is 5.75 Å². The Bertz CT molecular complexity index is 821. The lowest BCUT2D eigenvalue weighted by molar-refractivity contribution is -0.148. The number of hydrogen-bond acceptors (Lipinski definition) is 4. The van der Waals surface area contributed by atoms with Crippen LogP contribution < -0.4 is 10.1 Å². The van der Waals surface area contributed by atoms with Gasteiger partial charge in [0.25, 0.3) is 5.91 Å². The van der Waals surface area contributed by atoms with Gasteiger partial charge < -0.3 is 19.7 Å². The van der Waals surface area contributed by atoms with Crippen molar-refractivity contribution in [3.05, 3.63) is 28.2 Å². The number of rotatable bonds is 7. The van der Waals surface area contributed by atoms with E-state index in [1.807, 2.05) is 0 Å². The molecule has 0 aromatic heterocycles. The van der Waals surface area contributed by atoms with Crippen LogP contribution in [-0.2, 0) is 14.3 Å². The standard InChI is InChI=1S/C21H25Cl2FN2O4/c22-14-4-5-16(15(23)9-14)30-10-18(27)26-12-20(24,13-26)11-25-19(28)21(6-7-21)17-3-1-2-8-29-17/h4-5,9,17H,1-3,6-8,10-13H2,(H,25,28). The number of amides is 2. The summed E-state index contributed by atoms with van der Waals surface area (Å²) in [6.45, 7) is 0.195. The summed E-state index contributed by atoms with van der Waals surface area (Å²) in [4.78, 5) is 26.3. The molecule has 164 valence electrons. The maximum Gasteiger partial charge on any atom is 0.260 e. The molecule has 1 atom stereocenters. The third-order valence-corrected chi connectivity index (χ3v) is 6.68. The first-order chi connectivity index (χ1) is 14.3. The molecule has 1 aromatic carbocycles. The van der Waals surface area contributed by atoms with Crippen molar-refractivity contribution in [3.63, 3.8) is 0 Å². The molecule has 6 nitrogen and oxygen atoms in total. The molecule has 0 bridgehead atoms. The van der Waals surface area contributed by atoms with Crippen LogP contribution in [0, 0.1) is 5.41 Å². The van der Waals surface area contributed by atoms with E-state index in [1.165, 1.54) is 11.0 Å². The number of alkyl halides is 1. The van der Waals surface area contributed by atoms with Crippen LogP contribution in [0.15, 0.2) is 18.2 Å². The van der Waals surface area contributed by atoms with Crippen LogP contribution >= 0.6 is 23.2 Å². The van der Waals surface area contributed by atoms with Gasteiger partial charge in [-0.05, 0) is 50.3 Å². The van der Waals surface area contributed by atoms with Crippen LogP contribution in [0.4, 0.5) is 4.39 Å². The first-order valence-electron chi connectivity index (χ1n) is 10.3. The molecule has 3 fully saturated rings.